The van der Waals surface area contributed by atoms with E-state index in [1.165, 1.54) is 19.3 Å². The molecule has 2 aliphatic carbocycles. The average molecular weight is 388 g/mol. The van der Waals surface area contributed by atoms with Crippen molar-refractivity contribution in [3.05, 3.63) is 33.8 Å². The van der Waals surface area contributed by atoms with Gasteiger partial charge in [0.15, 0.2) is 0 Å². The number of amides is 1. The van der Waals surface area contributed by atoms with Gasteiger partial charge < -0.3 is 11.1 Å². The van der Waals surface area contributed by atoms with E-state index in [0.29, 0.717) is 23.9 Å². The van der Waals surface area contributed by atoms with Crippen LogP contribution in [0.2, 0.25) is 0 Å². The number of aryl methyl sites for hydroxylation is 1. The molecule has 3 N–H and O–H groups in total. The van der Waals surface area contributed by atoms with Crippen molar-refractivity contribution in [2.24, 2.45) is 17.6 Å². The molecular formula is C17H24BrClN2O. The standard InChI is InChI=1S/C17H23BrN2O.ClH/c1-10-5-6-13(9-15(10)18)17(21)20-16-11-3-2-4-12(16)8-14(19)7-11;/h5-6,9,11-12,14,16H,2-4,7-8,19H2,1H3,(H,20,21);1H. The van der Waals surface area contributed by atoms with Gasteiger partial charge in [-0.05, 0) is 62.1 Å². The van der Waals surface area contributed by atoms with Crippen LogP contribution >= 0.6 is 28.3 Å². The molecule has 0 heterocycles. The SMILES string of the molecule is Cc1ccc(C(=O)NC2C3CCCC2CC(N)C3)cc1Br.Cl. The van der Waals surface area contributed by atoms with E-state index in [9.17, 15) is 4.79 Å². The molecule has 1 aromatic carbocycles. The van der Waals surface area contributed by atoms with Gasteiger partial charge in [0, 0.05) is 22.1 Å². The number of halogens is 2. The predicted molar refractivity (Wildman–Crippen MR) is 95.4 cm³/mol. The minimum Gasteiger partial charge on any atom is -0.349 e. The fourth-order valence-electron chi connectivity index (χ4n) is 3.99. The van der Waals surface area contributed by atoms with Crippen LogP contribution in [-0.4, -0.2) is 18.0 Å². The first-order valence-electron chi connectivity index (χ1n) is 7.87. The summed E-state index contributed by atoms with van der Waals surface area (Å²) in [6, 6.07) is 6.43. The predicted octanol–water partition coefficient (Wildman–Crippen LogP) is 3.82. The van der Waals surface area contributed by atoms with Gasteiger partial charge in [-0.1, -0.05) is 28.4 Å². The number of hydrogen-bond donors (Lipinski definition) is 2. The molecule has 0 aliphatic heterocycles. The Balaban J connectivity index is 0.00000176. The summed E-state index contributed by atoms with van der Waals surface area (Å²) in [5.74, 6) is 1.17. The first-order valence-corrected chi connectivity index (χ1v) is 8.66. The maximum atomic E-state index is 12.5. The Morgan fingerprint density at radius 1 is 1.27 bits per heavy atom. The van der Waals surface area contributed by atoms with E-state index in [1.54, 1.807) is 0 Å². The van der Waals surface area contributed by atoms with Crippen molar-refractivity contribution in [1.82, 2.24) is 5.32 Å². The van der Waals surface area contributed by atoms with Crippen LogP contribution in [0.15, 0.2) is 22.7 Å². The zero-order valence-corrected chi connectivity index (χ0v) is 15.3. The molecule has 122 valence electrons. The third kappa shape index (κ3) is 3.66. The Hall–Kier alpha value is -0.580. The lowest BCUT2D eigenvalue weighted by Gasteiger charge is -2.45. The minimum absolute atomic E-state index is 0. The zero-order chi connectivity index (χ0) is 15.0. The molecule has 0 aromatic heterocycles. The number of carbonyl (C=O) groups excluding carboxylic acids is 1. The van der Waals surface area contributed by atoms with Gasteiger partial charge >= 0.3 is 0 Å². The molecule has 0 saturated heterocycles. The molecule has 2 aliphatic rings. The van der Waals surface area contributed by atoms with E-state index in [2.05, 4.69) is 21.2 Å². The maximum absolute atomic E-state index is 12.5. The van der Waals surface area contributed by atoms with Crippen molar-refractivity contribution in [3.63, 3.8) is 0 Å². The van der Waals surface area contributed by atoms with Crippen molar-refractivity contribution in [2.75, 3.05) is 0 Å². The summed E-state index contributed by atoms with van der Waals surface area (Å²) in [6.45, 7) is 2.03. The quantitative estimate of drug-likeness (QED) is 0.810. The van der Waals surface area contributed by atoms with E-state index in [-0.39, 0.29) is 18.3 Å². The van der Waals surface area contributed by atoms with Crippen LogP contribution in [0, 0.1) is 18.8 Å². The van der Waals surface area contributed by atoms with Crippen molar-refractivity contribution in [1.29, 1.82) is 0 Å². The van der Waals surface area contributed by atoms with Crippen LogP contribution in [0.3, 0.4) is 0 Å². The highest BCUT2D eigenvalue weighted by Gasteiger charge is 2.39. The summed E-state index contributed by atoms with van der Waals surface area (Å²) in [4.78, 5) is 12.5. The molecule has 0 spiro atoms. The summed E-state index contributed by atoms with van der Waals surface area (Å²) in [6.07, 6.45) is 5.79. The van der Waals surface area contributed by atoms with E-state index in [0.717, 1.165) is 28.4 Å². The Morgan fingerprint density at radius 3 is 2.50 bits per heavy atom. The van der Waals surface area contributed by atoms with E-state index in [4.69, 9.17) is 5.73 Å². The summed E-state index contributed by atoms with van der Waals surface area (Å²) in [5, 5.41) is 3.29. The van der Waals surface area contributed by atoms with Crippen LogP contribution in [-0.2, 0) is 0 Å². The van der Waals surface area contributed by atoms with Crippen LogP contribution < -0.4 is 11.1 Å². The topological polar surface area (TPSA) is 55.1 Å². The summed E-state index contributed by atoms with van der Waals surface area (Å²) in [5.41, 5.74) is 8.03. The Labute approximate surface area is 147 Å². The Kier molecular flexibility index (Phi) is 5.92. The summed E-state index contributed by atoms with van der Waals surface area (Å²) in [7, 11) is 0. The molecule has 2 unspecified atom stereocenters. The second-order valence-corrected chi connectivity index (χ2v) is 7.50. The molecule has 1 aromatic rings. The second kappa shape index (κ2) is 7.33. The molecule has 3 rings (SSSR count). The van der Waals surface area contributed by atoms with Gasteiger partial charge in [0.1, 0.15) is 0 Å². The first-order chi connectivity index (χ1) is 10.0. The smallest absolute Gasteiger partial charge is 0.251 e. The molecule has 2 bridgehead atoms. The number of benzene rings is 1. The van der Waals surface area contributed by atoms with Crippen LogP contribution in [0.1, 0.15) is 48.0 Å². The van der Waals surface area contributed by atoms with Crippen molar-refractivity contribution in [3.8, 4) is 0 Å². The van der Waals surface area contributed by atoms with Gasteiger partial charge in [0.05, 0.1) is 0 Å². The number of carbonyl (C=O) groups is 1. The normalized spacial score (nSPS) is 30.3. The van der Waals surface area contributed by atoms with Gasteiger partial charge in [-0.15, -0.1) is 12.4 Å². The van der Waals surface area contributed by atoms with Gasteiger partial charge in [-0.2, -0.15) is 0 Å². The van der Waals surface area contributed by atoms with Crippen molar-refractivity contribution >= 4 is 34.2 Å². The van der Waals surface area contributed by atoms with Gasteiger partial charge in [-0.25, -0.2) is 0 Å². The highest BCUT2D eigenvalue weighted by molar-refractivity contribution is 9.10. The lowest BCUT2D eigenvalue weighted by Crippen LogP contribution is -2.53. The van der Waals surface area contributed by atoms with Gasteiger partial charge in [0.25, 0.3) is 5.91 Å². The summed E-state index contributed by atoms with van der Waals surface area (Å²) >= 11 is 3.50. The molecule has 2 saturated carbocycles. The van der Waals surface area contributed by atoms with Crippen LogP contribution in [0.5, 0.6) is 0 Å². The fraction of sp³-hybridized carbons (Fsp3) is 0.588. The first kappa shape index (κ1) is 17.8. The highest BCUT2D eigenvalue weighted by atomic mass is 79.9. The monoisotopic (exact) mass is 386 g/mol. The number of nitrogens with one attached hydrogen (secondary N) is 1. The van der Waals surface area contributed by atoms with Crippen LogP contribution in [0.4, 0.5) is 0 Å². The van der Waals surface area contributed by atoms with Gasteiger partial charge in [-0.3, -0.25) is 4.79 Å². The maximum Gasteiger partial charge on any atom is 0.251 e. The zero-order valence-electron chi connectivity index (χ0n) is 12.8. The molecule has 2 atom stereocenters. The third-order valence-corrected chi connectivity index (χ3v) is 5.96. The van der Waals surface area contributed by atoms with Crippen molar-refractivity contribution < 1.29 is 4.79 Å². The molecule has 3 nitrogen and oxygen atoms in total. The fourth-order valence-corrected chi connectivity index (χ4v) is 4.37. The molecule has 22 heavy (non-hydrogen) atoms. The molecular weight excluding hydrogens is 364 g/mol. The van der Waals surface area contributed by atoms with Crippen LogP contribution in [0.25, 0.3) is 0 Å². The molecule has 5 heteroatoms. The van der Waals surface area contributed by atoms with Crippen molar-refractivity contribution in [2.45, 2.75) is 51.1 Å². The number of rotatable bonds is 2. The largest absolute Gasteiger partial charge is 0.349 e. The van der Waals surface area contributed by atoms with E-state index in [1.807, 2.05) is 25.1 Å². The number of fused-ring (bicyclic) bond motifs is 2. The molecule has 0 radical (unpaired) electrons. The summed E-state index contributed by atoms with van der Waals surface area (Å²) < 4.78 is 0.987. The molecule has 2 fully saturated rings. The number of nitrogens with two attached hydrogens (primary N) is 1. The average Bonchev–Trinajstić information content (AvgIpc) is 2.42. The van der Waals surface area contributed by atoms with Gasteiger partial charge in [0.2, 0.25) is 0 Å². The number of hydrogen-bond acceptors (Lipinski definition) is 2. The van der Waals surface area contributed by atoms with E-state index >= 15 is 0 Å². The Morgan fingerprint density at radius 2 is 1.91 bits per heavy atom. The molecule has 1 amide bonds. The Bertz CT molecular complexity index is 537. The second-order valence-electron chi connectivity index (χ2n) is 6.65. The highest BCUT2D eigenvalue weighted by Crippen LogP contribution is 2.39. The van der Waals surface area contributed by atoms with E-state index < -0.39 is 0 Å². The lowest BCUT2D eigenvalue weighted by molar-refractivity contribution is 0.0756. The minimum atomic E-state index is 0. The lowest BCUT2D eigenvalue weighted by atomic mass is 9.67. The third-order valence-electron chi connectivity index (χ3n) is 5.11.